The molecule has 0 aromatic heterocycles. The van der Waals surface area contributed by atoms with Gasteiger partial charge in [0.15, 0.2) is 5.71 Å². The van der Waals surface area contributed by atoms with Crippen molar-refractivity contribution < 1.29 is 14.4 Å². The lowest BCUT2D eigenvalue weighted by atomic mass is 10.0. The highest BCUT2D eigenvalue weighted by Crippen LogP contribution is 2.20. The highest BCUT2D eigenvalue weighted by molar-refractivity contribution is 6.84. The number of para-hydroxylation sites is 1. The van der Waals surface area contributed by atoms with Crippen LogP contribution >= 0.6 is 11.6 Å². The van der Waals surface area contributed by atoms with Gasteiger partial charge in [-0.3, -0.25) is 4.79 Å². The first-order valence-corrected chi connectivity index (χ1v) is 7.67. The number of hydrogen-bond donors (Lipinski definition) is 0. The number of rotatable bonds is 7. The third-order valence-electron chi connectivity index (χ3n) is 3.22. The molecule has 0 fully saturated rings. The molecule has 0 unspecified atom stereocenters. The van der Waals surface area contributed by atoms with E-state index >= 15 is 0 Å². The predicted molar refractivity (Wildman–Crippen MR) is 91.0 cm³/mol. The van der Waals surface area contributed by atoms with Gasteiger partial charge in [0.25, 0.3) is 5.24 Å². The van der Waals surface area contributed by atoms with Crippen molar-refractivity contribution in [2.24, 2.45) is 5.16 Å². The number of carbonyl (C=O) groups is 1. The van der Waals surface area contributed by atoms with Crippen LogP contribution < -0.4 is 4.74 Å². The number of oxime groups is 1. The lowest BCUT2D eigenvalue weighted by Crippen LogP contribution is -2.14. The SMILES string of the molecule is CCON=C(C(=O)Cl)c1ccccc1COc1ccccc1C. The molecule has 0 amide bonds. The van der Waals surface area contributed by atoms with Gasteiger partial charge in [-0.2, -0.15) is 0 Å². The Kier molecular flexibility index (Phi) is 6.18. The Morgan fingerprint density at radius 3 is 2.52 bits per heavy atom. The molecule has 2 aromatic carbocycles. The number of benzene rings is 2. The first kappa shape index (κ1) is 17.0. The van der Waals surface area contributed by atoms with Gasteiger partial charge in [-0.25, -0.2) is 0 Å². The summed E-state index contributed by atoms with van der Waals surface area (Å²) < 4.78 is 5.85. The van der Waals surface area contributed by atoms with Crippen LogP contribution in [0.1, 0.15) is 23.6 Å². The Morgan fingerprint density at radius 1 is 1.13 bits per heavy atom. The summed E-state index contributed by atoms with van der Waals surface area (Å²) in [5, 5.41) is 3.16. The standard InChI is InChI=1S/C18H18ClNO3/c1-3-23-20-17(18(19)21)15-10-6-5-9-14(15)12-22-16-11-7-4-8-13(16)2/h4-11H,3,12H2,1-2H3. The molecule has 0 N–H and O–H groups in total. The molecule has 0 aliphatic rings. The van der Waals surface area contributed by atoms with Gasteiger partial charge in [-0.15, -0.1) is 0 Å². The molecule has 120 valence electrons. The van der Waals surface area contributed by atoms with Crippen LogP contribution in [0.2, 0.25) is 0 Å². The van der Waals surface area contributed by atoms with Gasteiger partial charge in [0.1, 0.15) is 19.0 Å². The highest BCUT2D eigenvalue weighted by atomic mass is 35.5. The minimum Gasteiger partial charge on any atom is -0.489 e. The summed E-state index contributed by atoms with van der Waals surface area (Å²) in [6.45, 7) is 4.42. The van der Waals surface area contributed by atoms with E-state index in [1.807, 2.05) is 49.4 Å². The van der Waals surface area contributed by atoms with Gasteiger partial charge < -0.3 is 9.57 Å². The van der Waals surface area contributed by atoms with E-state index in [0.717, 1.165) is 16.9 Å². The molecule has 23 heavy (non-hydrogen) atoms. The molecule has 0 aliphatic carbocycles. The largest absolute Gasteiger partial charge is 0.489 e. The molecule has 2 aromatic rings. The van der Waals surface area contributed by atoms with Crippen molar-refractivity contribution in [2.45, 2.75) is 20.5 Å². The average molecular weight is 332 g/mol. The van der Waals surface area contributed by atoms with Crippen LogP contribution in [0.25, 0.3) is 0 Å². The van der Waals surface area contributed by atoms with Crippen LogP contribution in [0, 0.1) is 6.92 Å². The summed E-state index contributed by atoms with van der Waals surface area (Å²) in [5.41, 5.74) is 2.54. The lowest BCUT2D eigenvalue weighted by Gasteiger charge is -2.12. The fourth-order valence-corrected chi connectivity index (χ4v) is 2.21. The van der Waals surface area contributed by atoms with E-state index < -0.39 is 5.24 Å². The average Bonchev–Trinajstić information content (AvgIpc) is 2.55. The van der Waals surface area contributed by atoms with E-state index in [0.29, 0.717) is 18.8 Å². The van der Waals surface area contributed by atoms with Crippen LogP contribution in [0.5, 0.6) is 5.75 Å². The summed E-state index contributed by atoms with van der Waals surface area (Å²) in [5.74, 6) is 0.794. The number of ether oxygens (including phenoxy) is 1. The number of nitrogens with zero attached hydrogens (tertiary/aromatic N) is 1. The molecule has 0 aliphatic heterocycles. The van der Waals surface area contributed by atoms with Crippen molar-refractivity contribution in [1.82, 2.24) is 0 Å². The minimum atomic E-state index is -0.665. The summed E-state index contributed by atoms with van der Waals surface area (Å²) in [7, 11) is 0. The topological polar surface area (TPSA) is 47.9 Å². The van der Waals surface area contributed by atoms with Crippen molar-refractivity contribution in [3.05, 3.63) is 65.2 Å². The normalized spacial score (nSPS) is 11.2. The Hall–Kier alpha value is -2.33. The second-order valence-corrected chi connectivity index (χ2v) is 5.19. The first-order valence-electron chi connectivity index (χ1n) is 7.30. The van der Waals surface area contributed by atoms with E-state index in [4.69, 9.17) is 21.2 Å². The van der Waals surface area contributed by atoms with E-state index in [2.05, 4.69) is 5.16 Å². The monoisotopic (exact) mass is 331 g/mol. The Labute approximate surface area is 140 Å². The quantitative estimate of drug-likeness (QED) is 0.436. The number of halogens is 1. The number of carbonyl (C=O) groups excluding carboxylic acids is 1. The van der Waals surface area contributed by atoms with Crippen molar-refractivity contribution in [3.8, 4) is 5.75 Å². The van der Waals surface area contributed by atoms with E-state index in [1.54, 1.807) is 13.0 Å². The number of aryl methyl sites for hydroxylation is 1. The molecule has 0 saturated carbocycles. The van der Waals surface area contributed by atoms with Crippen LogP contribution in [0.3, 0.4) is 0 Å². The maximum absolute atomic E-state index is 11.6. The zero-order chi connectivity index (χ0) is 16.7. The van der Waals surface area contributed by atoms with Gasteiger partial charge in [0.05, 0.1) is 0 Å². The van der Waals surface area contributed by atoms with Crippen LogP contribution in [-0.2, 0) is 16.2 Å². The van der Waals surface area contributed by atoms with Crippen molar-refractivity contribution in [2.75, 3.05) is 6.61 Å². The maximum Gasteiger partial charge on any atom is 0.274 e. The first-order chi connectivity index (χ1) is 11.1. The van der Waals surface area contributed by atoms with E-state index in [-0.39, 0.29) is 5.71 Å². The molecule has 2 rings (SSSR count). The molecule has 0 spiro atoms. The van der Waals surface area contributed by atoms with Crippen molar-refractivity contribution in [3.63, 3.8) is 0 Å². The van der Waals surface area contributed by atoms with Gasteiger partial charge >= 0.3 is 0 Å². The van der Waals surface area contributed by atoms with Gasteiger partial charge in [0.2, 0.25) is 0 Å². The molecule has 0 saturated heterocycles. The summed E-state index contributed by atoms with van der Waals surface area (Å²) in [4.78, 5) is 16.6. The zero-order valence-corrected chi connectivity index (χ0v) is 13.8. The Bertz CT molecular complexity index is 713. The maximum atomic E-state index is 11.6. The fraction of sp³-hybridized carbons (Fsp3) is 0.222. The van der Waals surface area contributed by atoms with Crippen LogP contribution in [0.15, 0.2) is 53.7 Å². The third-order valence-corrected chi connectivity index (χ3v) is 3.40. The molecular weight excluding hydrogens is 314 g/mol. The predicted octanol–water partition coefficient (Wildman–Crippen LogP) is 4.08. The minimum absolute atomic E-state index is 0.0810. The van der Waals surface area contributed by atoms with Gasteiger partial charge in [-0.1, -0.05) is 47.6 Å². The summed E-state index contributed by atoms with van der Waals surface area (Å²) in [6.07, 6.45) is 0. The van der Waals surface area contributed by atoms with E-state index in [9.17, 15) is 4.79 Å². The summed E-state index contributed by atoms with van der Waals surface area (Å²) in [6, 6.07) is 15.1. The number of hydrogen-bond acceptors (Lipinski definition) is 4. The van der Waals surface area contributed by atoms with Crippen LogP contribution in [0.4, 0.5) is 0 Å². The van der Waals surface area contributed by atoms with E-state index in [1.165, 1.54) is 0 Å². The smallest absolute Gasteiger partial charge is 0.274 e. The second-order valence-electron chi connectivity index (χ2n) is 4.84. The Morgan fingerprint density at radius 2 is 1.83 bits per heavy atom. The zero-order valence-electron chi connectivity index (χ0n) is 13.1. The van der Waals surface area contributed by atoms with Crippen LogP contribution in [-0.4, -0.2) is 17.6 Å². The lowest BCUT2D eigenvalue weighted by molar-refractivity contribution is -0.106. The molecule has 0 bridgehead atoms. The molecule has 5 heteroatoms. The van der Waals surface area contributed by atoms with Crippen molar-refractivity contribution >= 4 is 22.6 Å². The molecule has 0 atom stereocenters. The molecule has 0 radical (unpaired) electrons. The summed E-state index contributed by atoms with van der Waals surface area (Å²) >= 11 is 5.64. The molecule has 0 heterocycles. The van der Waals surface area contributed by atoms with Gasteiger partial charge in [0, 0.05) is 5.56 Å². The molecule has 4 nitrogen and oxygen atoms in total. The van der Waals surface area contributed by atoms with Crippen molar-refractivity contribution in [1.29, 1.82) is 0 Å². The van der Waals surface area contributed by atoms with Gasteiger partial charge in [-0.05, 0) is 42.6 Å². The fourth-order valence-electron chi connectivity index (χ4n) is 2.07. The Balaban J connectivity index is 2.26. The third kappa shape index (κ3) is 4.57. The highest BCUT2D eigenvalue weighted by Gasteiger charge is 2.17. The second kappa shape index (κ2) is 8.34. The molecular formula is C18H18ClNO3.